The number of ether oxygens (including phenoxy) is 2. The van der Waals surface area contributed by atoms with Gasteiger partial charge in [-0.3, -0.25) is 4.79 Å². The molecule has 0 atom stereocenters. The number of hydrogen-bond donors (Lipinski definition) is 1. The Morgan fingerprint density at radius 3 is 2.68 bits per heavy atom. The molecule has 2 rings (SSSR count). The second kappa shape index (κ2) is 8.51. The Kier molecular flexibility index (Phi) is 6.39. The summed E-state index contributed by atoms with van der Waals surface area (Å²) in [5, 5.41) is 9.87. The maximum absolute atomic E-state index is 12.0. The van der Waals surface area contributed by atoms with Crippen LogP contribution >= 0.6 is 22.9 Å². The van der Waals surface area contributed by atoms with Gasteiger partial charge >= 0.3 is 11.9 Å². The van der Waals surface area contributed by atoms with Gasteiger partial charge in [0, 0.05) is 10.6 Å². The minimum Gasteiger partial charge on any atom is -0.462 e. The van der Waals surface area contributed by atoms with E-state index in [1.54, 1.807) is 31.2 Å². The van der Waals surface area contributed by atoms with Gasteiger partial charge in [0.1, 0.15) is 22.6 Å². The topological polar surface area (TPSA) is 102 Å². The van der Waals surface area contributed by atoms with Crippen LogP contribution in [0.3, 0.4) is 0 Å². The Bertz CT molecular complexity index is 842. The first kappa shape index (κ1) is 18.8. The van der Waals surface area contributed by atoms with Crippen LogP contribution in [0, 0.1) is 11.3 Å². The van der Waals surface area contributed by atoms with E-state index >= 15 is 0 Å². The summed E-state index contributed by atoms with van der Waals surface area (Å²) in [6, 6.07) is 8.85. The van der Waals surface area contributed by atoms with Crippen LogP contribution in [0.4, 0.5) is 5.00 Å². The zero-order valence-electron chi connectivity index (χ0n) is 13.4. The molecular formula is C17H15ClN2O4S. The highest BCUT2D eigenvalue weighted by Gasteiger charge is 2.24. The SMILES string of the molecule is CCOC(=O)c1sc(N)c(C#N)c1COC(=O)Cc1ccccc1Cl. The zero-order valence-corrected chi connectivity index (χ0v) is 14.9. The Balaban J connectivity index is 2.14. The Morgan fingerprint density at radius 1 is 1.32 bits per heavy atom. The fourth-order valence-electron chi connectivity index (χ4n) is 2.11. The standard InChI is InChI=1S/C17H15ClN2O4S/c1-2-23-17(22)15-12(11(8-19)16(20)25-15)9-24-14(21)7-10-5-3-4-6-13(10)18/h3-6H,2,7,9,20H2,1H3. The zero-order chi connectivity index (χ0) is 18.4. The van der Waals surface area contributed by atoms with E-state index in [4.69, 9.17) is 26.8 Å². The van der Waals surface area contributed by atoms with Gasteiger partial charge in [-0.15, -0.1) is 11.3 Å². The molecular weight excluding hydrogens is 364 g/mol. The molecule has 2 aromatic rings. The number of nitrogens with two attached hydrogens (primary N) is 1. The third-order valence-electron chi connectivity index (χ3n) is 3.28. The summed E-state index contributed by atoms with van der Waals surface area (Å²) in [4.78, 5) is 24.2. The maximum atomic E-state index is 12.0. The molecule has 0 fully saturated rings. The Labute approximate surface area is 153 Å². The van der Waals surface area contributed by atoms with Gasteiger partial charge in [-0.05, 0) is 18.6 Å². The average Bonchev–Trinajstić information content (AvgIpc) is 2.91. The van der Waals surface area contributed by atoms with E-state index in [-0.39, 0.29) is 40.6 Å². The summed E-state index contributed by atoms with van der Waals surface area (Å²) in [6.45, 7) is 1.61. The van der Waals surface area contributed by atoms with Gasteiger partial charge < -0.3 is 15.2 Å². The number of hydrogen-bond acceptors (Lipinski definition) is 7. The molecule has 1 heterocycles. The van der Waals surface area contributed by atoms with Crippen LogP contribution in [-0.4, -0.2) is 18.5 Å². The summed E-state index contributed by atoms with van der Waals surface area (Å²) in [6.07, 6.45) is -0.0179. The van der Waals surface area contributed by atoms with Crippen molar-refractivity contribution in [1.29, 1.82) is 5.26 Å². The van der Waals surface area contributed by atoms with Crippen molar-refractivity contribution >= 4 is 39.9 Å². The molecule has 1 aromatic carbocycles. The van der Waals surface area contributed by atoms with Crippen molar-refractivity contribution in [3.63, 3.8) is 0 Å². The van der Waals surface area contributed by atoms with Crippen LogP contribution in [0.15, 0.2) is 24.3 Å². The lowest BCUT2D eigenvalue weighted by Crippen LogP contribution is -2.11. The first-order chi connectivity index (χ1) is 12.0. The Morgan fingerprint density at radius 2 is 2.04 bits per heavy atom. The third-order valence-corrected chi connectivity index (χ3v) is 4.69. The molecule has 130 valence electrons. The predicted octanol–water partition coefficient (Wildman–Crippen LogP) is 3.32. The van der Waals surface area contributed by atoms with Crippen molar-refractivity contribution in [3.05, 3.63) is 50.9 Å². The number of benzene rings is 1. The molecule has 0 radical (unpaired) electrons. The monoisotopic (exact) mass is 378 g/mol. The highest BCUT2D eigenvalue weighted by Crippen LogP contribution is 2.32. The number of nitrogen functional groups attached to an aromatic ring is 1. The van der Waals surface area contributed by atoms with Gasteiger partial charge in [0.25, 0.3) is 0 Å². The maximum Gasteiger partial charge on any atom is 0.348 e. The van der Waals surface area contributed by atoms with Crippen molar-refractivity contribution in [3.8, 4) is 6.07 Å². The van der Waals surface area contributed by atoms with Crippen LogP contribution < -0.4 is 5.73 Å². The van der Waals surface area contributed by atoms with Crippen molar-refractivity contribution < 1.29 is 19.1 Å². The fraction of sp³-hybridized carbons (Fsp3) is 0.235. The van der Waals surface area contributed by atoms with Crippen LogP contribution in [-0.2, 0) is 27.3 Å². The average molecular weight is 379 g/mol. The minimum atomic E-state index is -0.599. The molecule has 0 unspecified atom stereocenters. The van der Waals surface area contributed by atoms with Gasteiger partial charge in [-0.2, -0.15) is 5.26 Å². The van der Waals surface area contributed by atoms with Crippen molar-refractivity contribution in [2.24, 2.45) is 0 Å². The van der Waals surface area contributed by atoms with Gasteiger partial charge in [0.15, 0.2) is 0 Å². The van der Waals surface area contributed by atoms with Gasteiger partial charge in [0.05, 0.1) is 18.6 Å². The lowest BCUT2D eigenvalue weighted by molar-refractivity contribution is -0.144. The smallest absolute Gasteiger partial charge is 0.348 e. The number of anilines is 1. The summed E-state index contributed by atoms with van der Waals surface area (Å²) >= 11 is 6.95. The molecule has 0 amide bonds. The van der Waals surface area contributed by atoms with E-state index < -0.39 is 11.9 Å². The van der Waals surface area contributed by atoms with E-state index in [0.717, 1.165) is 11.3 Å². The summed E-state index contributed by atoms with van der Waals surface area (Å²) < 4.78 is 10.2. The number of nitrogens with zero attached hydrogens (tertiary/aromatic N) is 1. The van der Waals surface area contributed by atoms with E-state index in [2.05, 4.69) is 0 Å². The van der Waals surface area contributed by atoms with Crippen LogP contribution in [0.5, 0.6) is 0 Å². The van der Waals surface area contributed by atoms with Crippen LogP contribution in [0.1, 0.15) is 33.3 Å². The molecule has 2 N–H and O–H groups in total. The molecule has 0 saturated heterocycles. The van der Waals surface area contributed by atoms with E-state index in [1.165, 1.54) is 0 Å². The number of nitriles is 1. The van der Waals surface area contributed by atoms with E-state index in [9.17, 15) is 14.9 Å². The van der Waals surface area contributed by atoms with Gasteiger partial charge in [0.2, 0.25) is 0 Å². The lowest BCUT2D eigenvalue weighted by atomic mass is 10.1. The largest absolute Gasteiger partial charge is 0.462 e. The highest BCUT2D eigenvalue weighted by atomic mass is 35.5. The first-order valence-corrected chi connectivity index (χ1v) is 8.54. The number of thiophene rings is 1. The number of carbonyl (C=O) groups excluding carboxylic acids is 2. The van der Waals surface area contributed by atoms with Crippen LogP contribution in [0.25, 0.3) is 0 Å². The molecule has 0 bridgehead atoms. The quantitative estimate of drug-likeness (QED) is 0.773. The first-order valence-electron chi connectivity index (χ1n) is 7.35. The second-order valence-electron chi connectivity index (χ2n) is 4.91. The highest BCUT2D eigenvalue weighted by molar-refractivity contribution is 7.18. The third kappa shape index (κ3) is 4.50. The van der Waals surface area contributed by atoms with Gasteiger partial charge in [-0.1, -0.05) is 29.8 Å². The van der Waals surface area contributed by atoms with Crippen molar-refractivity contribution in [2.45, 2.75) is 20.0 Å². The Hall–Kier alpha value is -2.56. The molecule has 6 nitrogen and oxygen atoms in total. The molecule has 0 aliphatic carbocycles. The summed E-state index contributed by atoms with van der Waals surface area (Å²) in [5.41, 5.74) is 6.78. The molecule has 25 heavy (non-hydrogen) atoms. The molecule has 8 heteroatoms. The van der Waals surface area contributed by atoms with Crippen molar-refractivity contribution in [1.82, 2.24) is 0 Å². The number of rotatable bonds is 6. The lowest BCUT2D eigenvalue weighted by Gasteiger charge is -2.07. The van der Waals surface area contributed by atoms with E-state index in [1.807, 2.05) is 6.07 Å². The van der Waals surface area contributed by atoms with Gasteiger partial charge in [-0.25, -0.2) is 4.79 Å². The van der Waals surface area contributed by atoms with Crippen LogP contribution in [0.2, 0.25) is 5.02 Å². The number of esters is 2. The normalized spacial score (nSPS) is 10.1. The predicted molar refractivity (Wildman–Crippen MR) is 94.4 cm³/mol. The molecule has 0 aliphatic rings. The van der Waals surface area contributed by atoms with E-state index in [0.29, 0.717) is 10.6 Å². The summed E-state index contributed by atoms with van der Waals surface area (Å²) in [7, 11) is 0. The fourth-order valence-corrected chi connectivity index (χ4v) is 3.23. The summed E-state index contributed by atoms with van der Waals surface area (Å²) in [5.74, 6) is -1.13. The number of carbonyl (C=O) groups is 2. The molecule has 1 aromatic heterocycles. The molecule has 0 saturated carbocycles. The minimum absolute atomic E-state index is 0.0179. The van der Waals surface area contributed by atoms with Crippen molar-refractivity contribution in [2.75, 3.05) is 12.3 Å². The number of halogens is 1. The molecule has 0 spiro atoms. The second-order valence-corrected chi connectivity index (χ2v) is 6.37. The molecule has 0 aliphatic heterocycles.